The minimum Gasteiger partial charge on any atom is -0.335 e. The normalized spacial score (nSPS) is 11.8. The number of rotatable bonds is 7. The van der Waals surface area contributed by atoms with E-state index in [9.17, 15) is 0 Å². The van der Waals surface area contributed by atoms with Crippen LogP contribution in [-0.2, 0) is 6.54 Å². The highest BCUT2D eigenvalue weighted by Crippen LogP contribution is 2.36. The lowest BCUT2D eigenvalue weighted by Crippen LogP contribution is -2.22. The van der Waals surface area contributed by atoms with E-state index in [2.05, 4.69) is 109 Å². The van der Waals surface area contributed by atoms with E-state index in [-0.39, 0.29) is 5.41 Å². The molecule has 0 fully saturated rings. The number of hydrogen-bond donors (Lipinski definition) is 0. The van der Waals surface area contributed by atoms with E-state index >= 15 is 0 Å². The topological polar surface area (TPSA) is 4.93 Å². The maximum absolute atomic E-state index is 2.50. The Morgan fingerprint density at radius 1 is 0.750 bits per heavy atom. The van der Waals surface area contributed by atoms with Crippen LogP contribution in [0.2, 0.25) is 0 Å². The molecule has 3 aromatic carbocycles. The van der Waals surface area contributed by atoms with Gasteiger partial charge in [0.1, 0.15) is 0 Å². The highest BCUT2D eigenvalue weighted by Gasteiger charge is 2.22. The van der Waals surface area contributed by atoms with Crippen LogP contribution in [0.4, 0.5) is 0 Å². The van der Waals surface area contributed by atoms with Gasteiger partial charge in [0.05, 0.1) is 5.03 Å². The van der Waals surface area contributed by atoms with E-state index in [1.807, 2.05) is 23.5 Å². The van der Waals surface area contributed by atoms with Gasteiger partial charge in [-0.3, -0.25) is 0 Å². The second-order valence-corrected chi connectivity index (χ2v) is 9.95. The Bertz CT molecular complexity index is 1040. The second-order valence-electron chi connectivity index (χ2n) is 7.81. The number of thioether (sulfide) groups is 1. The molecule has 0 aliphatic rings. The summed E-state index contributed by atoms with van der Waals surface area (Å²) in [5, 5.41) is 2.62. The first-order valence-corrected chi connectivity index (χ1v) is 11.4. The molecule has 1 aromatic heterocycles. The van der Waals surface area contributed by atoms with Gasteiger partial charge in [0.25, 0.3) is 0 Å². The number of benzene rings is 3. The zero-order chi connectivity index (χ0) is 19.4. The number of aromatic nitrogens is 1. The van der Waals surface area contributed by atoms with Crippen molar-refractivity contribution in [3.8, 4) is 0 Å². The Balaban J connectivity index is 1.60. The molecule has 0 atom stereocenters. The van der Waals surface area contributed by atoms with Crippen LogP contribution in [0.5, 0.6) is 0 Å². The predicted octanol–water partition coefficient (Wildman–Crippen LogP) is 7.61. The fourth-order valence-corrected chi connectivity index (χ4v) is 5.30. The SMILES string of the molecule is CC(C)(CSc1ccccc1)Cn1c(Sc2ccccc2)cc2ccccc21. The van der Waals surface area contributed by atoms with Crippen molar-refractivity contribution < 1.29 is 0 Å². The van der Waals surface area contributed by atoms with Gasteiger partial charge in [0.15, 0.2) is 0 Å². The number of fused-ring (bicyclic) bond motifs is 1. The van der Waals surface area contributed by atoms with Gasteiger partial charge in [-0.1, -0.05) is 80.2 Å². The van der Waals surface area contributed by atoms with E-state index in [4.69, 9.17) is 0 Å². The fraction of sp³-hybridized carbons (Fsp3) is 0.200. The summed E-state index contributed by atoms with van der Waals surface area (Å²) in [7, 11) is 0. The lowest BCUT2D eigenvalue weighted by atomic mass is 9.96. The van der Waals surface area contributed by atoms with Crippen molar-refractivity contribution in [3.05, 3.63) is 91.0 Å². The molecule has 4 aromatic rings. The molecule has 3 heteroatoms. The summed E-state index contributed by atoms with van der Waals surface area (Å²) in [6.07, 6.45) is 0. The van der Waals surface area contributed by atoms with Crippen LogP contribution < -0.4 is 0 Å². The first-order chi connectivity index (χ1) is 13.6. The highest BCUT2D eigenvalue weighted by atomic mass is 32.2. The summed E-state index contributed by atoms with van der Waals surface area (Å²) >= 11 is 3.80. The first kappa shape index (κ1) is 19.2. The number of nitrogens with zero attached hydrogens (tertiary/aromatic N) is 1. The van der Waals surface area contributed by atoms with Gasteiger partial charge in [0.2, 0.25) is 0 Å². The molecule has 0 saturated carbocycles. The van der Waals surface area contributed by atoms with Crippen molar-refractivity contribution in [2.75, 3.05) is 5.75 Å². The average molecular weight is 404 g/mol. The molecular formula is C25H25NS2. The third kappa shape index (κ3) is 4.65. The van der Waals surface area contributed by atoms with Gasteiger partial charge in [-0.25, -0.2) is 0 Å². The predicted molar refractivity (Wildman–Crippen MR) is 123 cm³/mol. The molecule has 142 valence electrons. The quantitative estimate of drug-likeness (QED) is 0.293. The molecular weight excluding hydrogens is 378 g/mol. The van der Waals surface area contributed by atoms with Crippen LogP contribution in [0.3, 0.4) is 0 Å². The Morgan fingerprint density at radius 3 is 2.07 bits per heavy atom. The van der Waals surface area contributed by atoms with E-state index in [1.165, 1.54) is 25.7 Å². The van der Waals surface area contributed by atoms with Crippen molar-refractivity contribution in [1.82, 2.24) is 4.57 Å². The van der Waals surface area contributed by atoms with Crippen molar-refractivity contribution in [2.45, 2.75) is 35.2 Å². The first-order valence-electron chi connectivity index (χ1n) is 9.60. The third-order valence-corrected chi connectivity index (χ3v) is 7.28. The van der Waals surface area contributed by atoms with Crippen molar-refractivity contribution >= 4 is 34.4 Å². The standard InChI is InChI=1S/C25H25NS2/c1-25(2,19-27-21-12-5-3-6-13-21)18-26-23-16-10-9-11-20(23)17-24(26)28-22-14-7-4-8-15-22/h3-17H,18-19H2,1-2H3. The van der Waals surface area contributed by atoms with Gasteiger partial charge in [-0.2, -0.15) is 0 Å². The molecule has 4 rings (SSSR count). The summed E-state index contributed by atoms with van der Waals surface area (Å²) in [5.41, 5.74) is 1.49. The Morgan fingerprint density at radius 2 is 1.36 bits per heavy atom. The second kappa shape index (κ2) is 8.50. The van der Waals surface area contributed by atoms with Crippen molar-refractivity contribution in [3.63, 3.8) is 0 Å². The molecule has 1 heterocycles. The molecule has 0 radical (unpaired) electrons. The van der Waals surface area contributed by atoms with Crippen LogP contribution in [0.1, 0.15) is 13.8 Å². The largest absolute Gasteiger partial charge is 0.335 e. The zero-order valence-electron chi connectivity index (χ0n) is 16.3. The Hall–Kier alpha value is -2.10. The zero-order valence-corrected chi connectivity index (χ0v) is 18.0. The van der Waals surface area contributed by atoms with Crippen LogP contribution >= 0.6 is 23.5 Å². The smallest absolute Gasteiger partial charge is 0.0807 e. The highest BCUT2D eigenvalue weighted by molar-refractivity contribution is 7.99. The number of para-hydroxylation sites is 1. The van der Waals surface area contributed by atoms with Gasteiger partial charge >= 0.3 is 0 Å². The molecule has 1 nitrogen and oxygen atoms in total. The third-order valence-electron chi connectivity index (χ3n) is 4.70. The maximum atomic E-state index is 2.50. The molecule has 0 spiro atoms. The lowest BCUT2D eigenvalue weighted by Gasteiger charge is -2.26. The molecule has 0 aliphatic heterocycles. The van der Waals surface area contributed by atoms with E-state index in [1.54, 1.807) is 0 Å². The number of hydrogen-bond acceptors (Lipinski definition) is 2. The van der Waals surface area contributed by atoms with Crippen molar-refractivity contribution in [1.29, 1.82) is 0 Å². The summed E-state index contributed by atoms with van der Waals surface area (Å²) in [6, 6.07) is 32.4. The van der Waals surface area contributed by atoms with Crippen LogP contribution in [0, 0.1) is 5.41 Å². The van der Waals surface area contributed by atoms with E-state index < -0.39 is 0 Å². The Labute approximate surface area is 176 Å². The summed E-state index contributed by atoms with van der Waals surface area (Å²) < 4.78 is 2.50. The summed E-state index contributed by atoms with van der Waals surface area (Å²) in [6.45, 7) is 5.73. The average Bonchev–Trinajstić information content (AvgIpc) is 3.05. The van der Waals surface area contributed by atoms with E-state index in [0.717, 1.165) is 12.3 Å². The molecule has 0 N–H and O–H groups in total. The minimum atomic E-state index is 0.175. The monoisotopic (exact) mass is 403 g/mol. The molecule has 0 unspecified atom stereocenters. The van der Waals surface area contributed by atoms with Crippen LogP contribution in [-0.4, -0.2) is 10.3 Å². The van der Waals surface area contributed by atoms with Crippen molar-refractivity contribution in [2.24, 2.45) is 5.41 Å². The molecule has 0 aliphatic carbocycles. The summed E-state index contributed by atoms with van der Waals surface area (Å²) in [5.74, 6) is 1.08. The lowest BCUT2D eigenvalue weighted by molar-refractivity contribution is 0.347. The van der Waals surface area contributed by atoms with Gasteiger partial charge < -0.3 is 4.57 Å². The summed E-state index contributed by atoms with van der Waals surface area (Å²) in [4.78, 5) is 2.62. The molecule has 0 bridgehead atoms. The maximum Gasteiger partial charge on any atom is 0.0807 e. The van der Waals surface area contributed by atoms with Gasteiger partial charge in [-0.15, -0.1) is 11.8 Å². The van der Waals surface area contributed by atoms with E-state index in [0.29, 0.717) is 0 Å². The molecule has 0 saturated heterocycles. The van der Waals surface area contributed by atoms with Crippen LogP contribution in [0.15, 0.2) is 106 Å². The van der Waals surface area contributed by atoms with Crippen LogP contribution in [0.25, 0.3) is 10.9 Å². The fourth-order valence-electron chi connectivity index (χ4n) is 3.31. The minimum absolute atomic E-state index is 0.175. The van der Waals surface area contributed by atoms with Gasteiger partial charge in [0, 0.05) is 33.0 Å². The van der Waals surface area contributed by atoms with Gasteiger partial charge in [-0.05, 0) is 41.8 Å². The molecule has 28 heavy (non-hydrogen) atoms. The Kier molecular flexibility index (Phi) is 5.84. The molecule has 0 amide bonds.